The molecule has 3 nitrogen and oxygen atoms in total. The third-order valence-electron chi connectivity index (χ3n) is 2.87. The molecule has 1 fully saturated rings. The molecule has 0 aliphatic carbocycles. The smallest absolute Gasteiger partial charge is 0.0743 e. The van der Waals surface area contributed by atoms with Crippen LogP contribution in [0.5, 0.6) is 0 Å². The maximum Gasteiger partial charge on any atom is 0.0743 e. The number of piperidine rings is 1. The topological polar surface area (TPSA) is 49.5 Å². The zero-order valence-electron chi connectivity index (χ0n) is 8.79. The fourth-order valence-corrected chi connectivity index (χ4v) is 1.83. The molecule has 1 unspecified atom stereocenters. The molecule has 1 heterocycles. The van der Waals surface area contributed by atoms with Gasteiger partial charge in [-0.05, 0) is 32.7 Å². The number of hydrogen-bond donors (Lipinski definition) is 2. The van der Waals surface area contributed by atoms with Crippen molar-refractivity contribution in [1.82, 2.24) is 4.90 Å². The molecule has 0 radical (unpaired) electrons. The Morgan fingerprint density at radius 3 is 2.85 bits per heavy atom. The van der Waals surface area contributed by atoms with Crippen LogP contribution in [0.2, 0.25) is 0 Å². The summed E-state index contributed by atoms with van der Waals surface area (Å²) in [6.07, 6.45) is 3.10. The average Bonchev–Trinajstić information content (AvgIpc) is 2.03. The van der Waals surface area contributed by atoms with Crippen LogP contribution in [0.1, 0.15) is 33.1 Å². The predicted octanol–water partition coefficient (Wildman–Crippen LogP) is 0.571. The van der Waals surface area contributed by atoms with Crippen molar-refractivity contribution < 1.29 is 5.11 Å². The molecule has 1 aliphatic heterocycles. The molecule has 0 bridgehead atoms. The Hall–Kier alpha value is -0.120. The second-order valence-electron chi connectivity index (χ2n) is 4.49. The Morgan fingerprint density at radius 2 is 2.31 bits per heavy atom. The molecule has 3 N–H and O–H groups in total. The number of likely N-dealkylation sites (tertiary alicyclic amines) is 1. The Bertz CT molecular complexity index is 159. The van der Waals surface area contributed by atoms with Crippen LogP contribution >= 0.6 is 0 Å². The third-order valence-corrected chi connectivity index (χ3v) is 2.87. The Kier molecular flexibility index (Phi) is 3.71. The van der Waals surface area contributed by atoms with E-state index < -0.39 is 5.60 Å². The predicted molar refractivity (Wildman–Crippen MR) is 54.6 cm³/mol. The highest BCUT2D eigenvalue weighted by Crippen LogP contribution is 2.15. The van der Waals surface area contributed by atoms with Crippen LogP contribution in [-0.2, 0) is 0 Å². The number of hydrogen-bond acceptors (Lipinski definition) is 3. The second kappa shape index (κ2) is 4.40. The number of rotatable bonds is 3. The molecule has 0 spiro atoms. The van der Waals surface area contributed by atoms with Crippen molar-refractivity contribution in [2.75, 3.05) is 19.6 Å². The summed E-state index contributed by atoms with van der Waals surface area (Å²) in [5, 5.41) is 9.88. The monoisotopic (exact) mass is 186 g/mol. The van der Waals surface area contributed by atoms with Crippen LogP contribution in [0.4, 0.5) is 0 Å². The van der Waals surface area contributed by atoms with Gasteiger partial charge in [-0.25, -0.2) is 0 Å². The van der Waals surface area contributed by atoms with E-state index in [1.807, 2.05) is 13.8 Å². The van der Waals surface area contributed by atoms with E-state index in [2.05, 4.69) is 4.90 Å². The zero-order valence-corrected chi connectivity index (χ0v) is 8.79. The summed E-state index contributed by atoms with van der Waals surface area (Å²) in [4.78, 5) is 2.28. The maximum absolute atomic E-state index is 9.88. The standard InChI is InChI=1S/C10H22N2O/c1-3-10(2,13)8-12-6-4-5-9(11)7-12/h9,13H,3-8,11H2,1-2H3/t9-,10?/m1/s1. The summed E-state index contributed by atoms with van der Waals surface area (Å²) < 4.78 is 0. The van der Waals surface area contributed by atoms with Crippen molar-refractivity contribution in [3.8, 4) is 0 Å². The summed E-state index contributed by atoms with van der Waals surface area (Å²) in [5.74, 6) is 0. The molecule has 0 aromatic heterocycles. The van der Waals surface area contributed by atoms with E-state index in [4.69, 9.17) is 5.73 Å². The summed E-state index contributed by atoms with van der Waals surface area (Å²) in [6.45, 7) is 6.70. The largest absolute Gasteiger partial charge is 0.389 e. The highest BCUT2D eigenvalue weighted by atomic mass is 16.3. The second-order valence-corrected chi connectivity index (χ2v) is 4.49. The van der Waals surface area contributed by atoms with Gasteiger partial charge in [0.25, 0.3) is 0 Å². The van der Waals surface area contributed by atoms with E-state index >= 15 is 0 Å². The lowest BCUT2D eigenvalue weighted by Gasteiger charge is -2.35. The molecule has 2 atom stereocenters. The van der Waals surface area contributed by atoms with Crippen molar-refractivity contribution in [2.24, 2.45) is 5.73 Å². The number of nitrogens with two attached hydrogens (primary N) is 1. The zero-order chi connectivity index (χ0) is 9.90. The molecule has 0 aromatic carbocycles. The minimum Gasteiger partial charge on any atom is -0.389 e. The first-order valence-electron chi connectivity index (χ1n) is 5.24. The molecule has 3 heteroatoms. The third kappa shape index (κ3) is 3.63. The van der Waals surface area contributed by atoms with E-state index in [9.17, 15) is 5.11 Å². The molecule has 78 valence electrons. The van der Waals surface area contributed by atoms with Crippen molar-refractivity contribution >= 4 is 0 Å². The molecular formula is C10H22N2O. The van der Waals surface area contributed by atoms with Crippen LogP contribution < -0.4 is 5.73 Å². The quantitative estimate of drug-likeness (QED) is 0.677. The van der Waals surface area contributed by atoms with Gasteiger partial charge in [0.15, 0.2) is 0 Å². The minimum absolute atomic E-state index is 0.307. The van der Waals surface area contributed by atoms with E-state index in [1.165, 1.54) is 6.42 Å². The van der Waals surface area contributed by atoms with Gasteiger partial charge in [0.2, 0.25) is 0 Å². The Labute approximate surface area is 80.9 Å². The number of aliphatic hydroxyl groups is 1. The lowest BCUT2D eigenvalue weighted by atomic mass is 10.00. The van der Waals surface area contributed by atoms with Gasteiger partial charge < -0.3 is 10.8 Å². The SMILES string of the molecule is CCC(C)(O)CN1CCC[C@@H](N)C1. The number of nitrogens with zero attached hydrogens (tertiary/aromatic N) is 1. The van der Waals surface area contributed by atoms with E-state index in [0.717, 1.165) is 32.5 Å². The van der Waals surface area contributed by atoms with Gasteiger partial charge >= 0.3 is 0 Å². The van der Waals surface area contributed by atoms with E-state index in [0.29, 0.717) is 6.04 Å². The van der Waals surface area contributed by atoms with Gasteiger partial charge in [-0.15, -0.1) is 0 Å². The fourth-order valence-electron chi connectivity index (χ4n) is 1.83. The molecule has 1 saturated heterocycles. The summed E-state index contributed by atoms with van der Waals surface area (Å²) >= 11 is 0. The van der Waals surface area contributed by atoms with Crippen molar-refractivity contribution in [2.45, 2.75) is 44.8 Å². The van der Waals surface area contributed by atoms with Gasteiger partial charge in [-0.1, -0.05) is 6.92 Å². The van der Waals surface area contributed by atoms with E-state index in [-0.39, 0.29) is 0 Å². The first-order chi connectivity index (χ1) is 6.03. The average molecular weight is 186 g/mol. The first-order valence-corrected chi connectivity index (χ1v) is 5.24. The highest BCUT2D eigenvalue weighted by molar-refractivity contribution is 4.81. The van der Waals surface area contributed by atoms with Gasteiger partial charge in [0.1, 0.15) is 0 Å². The summed E-state index contributed by atoms with van der Waals surface area (Å²) in [6, 6.07) is 0.307. The minimum atomic E-state index is -0.545. The Morgan fingerprint density at radius 1 is 1.62 bits per heavy atom. The number of β-amino-alcohol motifs (C(OH)–C–C–N with tert-alkyl or cyclic N) is 1. The van der Waals surface area contributed by atoms with E-state index in [1.54, 1.807) is 0 Å². The van der Waals surface area contributed by atoms with Crippen LogP contribution in [0.25, 0.3) is 0 Å². The normalized spacial score (nSPS) is 30.0. The van der Waals surface area contributed by atoms with Crippen LogP contribution in [0.3, 0.4) is 0 Å². The Balaban J connectivity index is 2.35. The summed E-state index contributed by atoms with van der Waals surface area (Å²) in [5.41, 5.74) is 5.32. The lowest BCUT2D eigenvalue weighted by Crippen LogP contribution is -2.48. The van der Waals surface area contributed by atoms with Crippen LogP contribution in [0, 0.1) is 0 Å². The van der Waals surface area contributed by atoms with Gasteiger partial charge in [0.05, 0.1) is 5.60 Å². The maximum atomic E-state index is 9.88. The molecule has 13 heavy (non-hydrogen) atoms. The molecule has 1 rings (SSSR count). The fraction of sp³-hybridized carbons (Fsp3) is 1.00. The van der Waals surface area contributed by atoms with Gasteiger partial charge in [-0.3, -0.25) is 4.90 Å². The van der Waals surface area contributed by atoms with Crippen molar-refractivity contribution in [3.05, 3.63) is 0 Å². The molecule has 1 aliphatic rings. The highest BCUT2D eigenvalue weighted by Gasteiger charge is 2.24. The first kappa shape index (κ1) is 11.0. The lowest BCUT2D eigenvalue weighted by molar-refractivity contribution is 0.00915. The van der Waals surface area contributed by atoms with Gasteiger partial charge in [-0.2, -0.15) is 0 Å². The molecule has 0 saturated carbocycles. The van der Waals surface area contributed by atoms with Gasteiger partial charge in [0, 0.05) is 19.1 Å². The van der Waals surface area contributed by atoms with Crippen molar-refractivity contribution in [1.29, 1.82) is 0 Å². The summed E-state index contributed by atoms with van der Waals surface area (Å²) in [7, 11) is 0. The molecular weight excluding hydrogens is 164 g/mol. The van der Waals surface area contributed by atoms with Crippen LogP contribution in [0.15, 0.2) is 0 Å². The molecule has 0 amide bonds. The molecule has 0 aromatic rings. The van der Waals surface area contributed by atoms with Crippen molar-refractivity contribution in [3.63, 3.8) is 0 Å². The van der Waals surface area contributed by atoms with Crippen LogP contribution in [-0.4, -0.2) is 41.3 Å².